The number of benzene rings is 1. The molecule has 3 rings (SSSR count). The van der Waals surface area contributed by atoms with Gasteiger partial charge in [-0.25, -0.2) is 0 Å². The van der Waals surface area contributed by atoms with Gasteiger partial charge in [-0.05, 0) is 17.5 Å². The smallest absolute Gasteiger partial charge is 0.230 e. The van der Waals surface area contributed by atoms with E-state index in [4.69, 9.17) is 0 Å². The van der Waals surface area contributed by atoms with Crippen LogP contribution in [0.4, 0.5) is 0 Å². The molecule has 4 heteroatoms. The second kappa shape index (κ2) is 4.37. The van der Waals surface area contributed by atoms with Crippen LogP contribution in [0.3, 0.4) is 0 Å². The first-order valence-corrected chi connectivity index (χ1v) is 6.41. The maximum Gasteiger partial charge on any atom is 0.230 e. The Morgan fingerprint density at radius 2 is 2.17 bits per heavy atom. The van der Waals surface area contributed by atoms with E-state index in [0.29, 0.717) is 13.1 Å². The molecule has 1 aliphatic heterocycles. The lowest BCUT2D eigenvalue weighted by Gasteiger charge is -2.35. The Hall–Kier alpha value is -1.39. The van der Waals surface area contributed by atoms with Gasteiger partial charge in [-0.15, -0.1) is 0 Å². The maximum atomic E-state index is 12.4. The highest BCUT2D eigenvalue weighted by molar-refractivity contribution is 5.87. The number of aliphatic hydroxyl groups is 1. The van der Waals surface area contributed by atoms with E-state index in [1.807, 2.05) is 18.2 Å². The molecule has 96 valence electrons. The zero-order chi connectivity index (χ0) is 12.7. The van der Waals surface area contributed by atoms with Crippen LogP contribution in [-0.2, 0) is 11.2 Å². The van der Waals surface area contributed by atoms with Crippen molar-refractivity contribution >= 4 is 5.91 Å². The van der Waals surface area contributed by atoms with Crippen LogP contribution in [0.5, 0.6) is 0 Å². The minimum Gasteiger partial charge on any atom is -0.390 e. The number of rotatable bonds is 2. The SMILES string of the molecule is CN(C(=O)C1Cc2ccccc21)[C@@H]1CNC[C@H]1O. The van der Waals surface area contributed by atoms with Crippen molar-refractivity contribution < 1.29 is 9.90 Å². The van der Waals surface area contributed by atoms with Crippen LogP contribution in [0.25, 0.3) is 0 Å². The average Bonchev–Trinajstić information content (AvgIpc) is 2.76. The molecule has 1 saturated heterocycles. The first-order chi connectivity index (χ1) is 8.68. The van der Waals surface area contributed by atoms with Crippen LogP contribution in [0.2, 0.25) is 0 Å². The molecule has 2 aliphatic rings. The van der Waals surface area contributed by atoms with Gasteiger partial charge in [-0.1, -0.05) is 24.3 Å². The fourth-order valence-corrected chi connectivity index (χ4v) is 2.93. The molecule has 1 amide bonds. The van der Waals surface area contributed by atoms with Gasteiger partial charge >= 0.3 is 0 Å². The lowest BCUT2D eigenvalue weighted by atomic mass is 9.76. The predicted octanol–water partition coefficient (Wildman–Crippen LogP) is 0.117. The molecule has 0 saturated carbocycles. The van der Waals surface area contributed by atoms with Crippen molar-refractivity contribution in [1.82, 2.24) is 10.2 Å². The summed E-state index contributed by atoms with van der Waals surface area (Å²) in [4.78, 5) is 14.1. The molecule has 1 unspecified atom stereocenters. The van der Waals surface area contributed by atoms with Gasteiger partial charge in [0.1, 0.15) is 0 Å². The summed E-state index contributed by atoms with van der Waals surface area (Å²) in [6.45, 7) is 1.25. The Bertz CT molecular complexity index is 475. The van der Waals surface area contributed by atoms with Crippen LogP contribution in [-0.4, -0.2) is 48.2 Å². The summed E-state index contributed by atoms with van der Waals surface area (Å²) in [7, 11) is 1.80. The van der Waals surface area contributed by atoms with Crippen molar-refractivity contribution in [1.29, 1.82) is 0 Å². The summed E-state index contributed by atoms with van der Waals surface area (Å²) in [5.41, 5.74) is 2.42. The van der Waals surface area contributed by atoms with Crippen LogP contribution >= 0.6 is 0 Å². The minimum absolute atomic E-state index is 0.0148. The van der Waals surface area contributed by atoms with E-state index in [1.54, 1.807) is 11.9 Å². The monoisotopic (exact) mass is 246 g/mol. The fourth-order valence-electron chi connectivity index (χ4n) is 2.93. The Balaban J connectivity index is 1.73. The molecule has 0 aromatic heterocycles. The Labute approximate surface area is 107 Å². The number of β-amino-alcohol motifs (C(OH)–C–C–N with tert-alkyl or cyclic N) is 1. The van der Waals surface area contributed by atoms with Crippen molar-refractivity contribution in [3.8, 4) is 0 Å². The van der Waals surface area contributed by atoms with Gasteiger partial charge in [-0.2, -0.15) is 0 Å². The lowest BCUT2D eigenvalue weighted by Crippen LogP contribution is -2.47. The van der Waals surface area contributed by atoms with Gasteiger partial charge in [0.25, 0.3) is 0 Å². The number of carbonyl (C=O) groups is 1. The highest BCUT2D eigenvalue weighted by atomic mass is 16.3. The lowest BCUT2D eigenvalue weighted by molar-refractivity contribution is -0.135. The third-order valence-electron chi connectivity index (χ3n) is 4.15. The molecular formula is C14H18N2O2. The van der Waals surface area contributed by atoms with Gasteiger partial charge in [-0.3, -0.25) is 4.79 Å². The zero-order valence-corrected chi connectivity index (χ0v) is 10.5. The molecule has 2 N–H and O–H groups in total. The van der Waals surface area contributed by atoms with Crippen molar-refractivity contribution in [2.24, 2.45) is 0 Å². The summed E-state index contributed by atoms with van der Waals surface area (Å²) >= 11 is 0. The highest BCUT2D eigenvalue weighted by Gasteiger charge is 2.38. The molecule has 0 spiro atoms. The van der Waals surface area contributed by atoms with E-state index in [-0.39, 0.29) is 17.9 Å². The maximum absolute atomic E-state index is 12.4. The predicted molar refractivity (Wildman–Crippen MR) is 68.3 cm³/mol. The molecule has 18 heavy (non-hydrogen) atoms. The Kier molecular flexibility index (Phi) is 2.84. The number of nitrogens with zero attached hydrogens (tertiary/aromatic N) is 1. The number of fused-ring (bicyclic) bond motifs is 1. The summed E-state index contributed by atoms with van der Waals surface area (Å²) < 4.78 is 0. The fraction of sp³-hybridized carbons (Fsp3) is 0.500. The number of amides is 1. The number of hydrogen-bond donors (Lipinski definition) is 2. The third-order valence-corrected chi connectivity index (χ3v) is 4.15. The molecule has 1 fully saturated rings. The van der Waals surface area contributed by atoms with E-state index in [1.165, 1.54) is 5.56 Å². The van der Waals surface area contributed by atoms with Crippen molar-refractivity contribution in [2.45, 2.75) is 24.5 Å². The molecule has 4 nitrogen and oxygen atoms in total. The van der Waals surface area contributed by atoms with E-state index < -0.39 is 6.10 Å². The first kappa shape index (κ1) is 11.7. The van der Waals surface area contributed by atoms with Gasteiger partial charge < -0.3 is 15.3 Å². The Morgan fingerprint density at radius 3 is 2.83 bits per heavy atom. The van der Waals surface area contributed by atoms with Gasteiger partial charge in [0, 0.05) is 20.1 Å². The van der Waals surface area contributed by atoms with Gasteiger partial charge in [0.2, 0.25) is 5.91 Å². The number of hydrogen-bond acceptors (Lipinski definition) is 3. The minimum atomic E-state index is -0.450. The highest BCUT2D eigenvalue weighted by Crippen LogP contribution is 2.36. The van der Waals surface area contributed by atoms with E-state index in [9.17, 15) is 9.90 Å². The normalized spacial score (nSPS) is 29.6. The molecule has 0 bridgehead atoms. The molecular weight excluding hydrogens is 228 g/mol. The number of likely N-dealkylation sites (N-methyl/N-ethyl adjacent to an activating group) is 1. The zero-order valence-electron chi connectivity index (χ0n) is 10.5. The standard InChI is InChI=1S/C14H18N2O2/c1-16(12-7-15-8-13(12)17)14(18)11-6-9-4-2-3-5-10(9)11/h2-5,11-13,15,17H,6-8H2,1H3/t11?,12-,13-/m1/s1. The van der Waals surface area contributed by atoms with E-state index in [0.717, 1.165) is 12.0 Å². The molecule has 0 radical (unpaired) electrons. The number of aliphatic hydroxyl groups excluding tert-OH is 1. The van der Waals surface area contributed by atoms with Gasteiger partial charge in [0.05, 0.1) is 18.1 Å². The quantitative estimate of drug-likeness (QED) is 0.779. The number of nitrogens with one attached hydrogen (secondary N) is 1. The van der Waals surface area contributed by atoms with Crippen molar-refractivity contribution in [2.75, 3.05) is 20.1 Å². The van der Waals surface area contributed by atoms with Crippen LogP contribution in [0.1, 0.15) is 17.0 Å². The number of carbonyl (C=O) groups excluding carboxylic acids is 1. The van der Waals surface area contributed by atoms with Crippen molar-refractivity contribution in [3.63, 3.8) is 0 Å². The first-order valence-electron chi connectivity index (χ1n) is 6.41. The third kappa shape index (κ3) is 1.72. The summed E-state index contributed by atoms with van der Waals surface area (Å²) in [6.07, 6.45) is 0.379. The largest absolute Gasteiger partial charge is 0.390 e. The van der Waals surface area contributed by atoms with Crippen molar-refractivity contribution in [3.05, 3.63) is 35.4 Å². The van der Waals surface area contributed by atoms with Crippen LogP contribution in [0.15, 0.2) is 24.3 Å². The second-order valence-corrected chi connectivity index (χ2v) is 5.20. The summed E-state index contributed by atoms with van der Waals surface area (Å²) in [5, 5.41) is 12.9. The van der Waals surface area contributed by atoms with Crippen LogP contribution < -0.4 is 5.32 Å². The topological polar surface area (TPSA) is 52.6 Å². The van der Waals surface area contributed by atoms with E-state index in [2.05, 4.69) is 11.4 Å². The summed E-state index contributed by atoms with van der Waals surface area (Å²) in [5.74, 6) is 0.112. The molecule has 1 aromatic rings. The Morgan fingerprint density at radius 1 is 1.39 bits per heavy atom. The summed E-state index contributed by atoms with van der Waals surface area (Å²) in [6, 6.07) is 7.99. The second-order valence-electron chi connectivity index (χ2n) is 5.20. The van der Waals surface area contributed by atoms with Gasteiger partial charge in [0.15, 0.2) is 0 Å². The molecule has 1 heterocycles. The van der Waals surface area contributed by atoms with E-state index >= 15 is 0 Å². The average molecular weight is 246 g/mol. The molecule has 3 atom stereocenters. The molecule has 1 aliphatic carbocycles. The molecule has 1 aromatic carbocycles. The van der Waals surface area contributed by atoms with Crippen LogP contribution in [0, 0.1) is 0 Å².